The third-order valence-corrected chi connectivity index (χ3v) is 4.16. The molecule has 2 amide bonds. The molecule has 7 heteroatoms. The maximum Gasteiger partial charge on any atom is 0.420 e. The molecule has 0 unspecified atom stereocenters. The van der Waals surface area contributed by atoms with E-state index in [1.807, 2.05) is 0 Å². The van der Waals surface area contributed by atoms with Gasteiger partial charge in [0.2, 0.25) is 11.8 Å². The van der Waals surface area contributed by atoms with E-state index in [1.54, 1.807) is 34.1 Å². The molecule has 122 valence electrons. The lowest BCUT2D eigenvalue weighted by molar-refractivity contribution is -0.133. The number of amides is 2. The van der Waals surface area contributed by atoms with E-state index < -0.39 is 5.76 Å². The summed E-state index contributed by atoms with van der Waals surface area (Å²) in [6, 6.07) is 7.04. The molecule has 1 saturated heterocycles. The van der Waals surface area contributed by atoms with Crippen LogP contribution in [-0.2, 0) is 16.1 Å². The van der Waals surface area contributed by atoms with Crippen molar-refractivity contribution in [1.82, 2.24) is 14.4 Å². The Kier molecular flexibility index (Phi) is 4.18. The normalized spacial score (nSPS) is 15.7. The van der Waals surface area contributed by atoms with Gasteiger partial charge in [0.1, 0.15) is 6.54 Å². The van der Waals surface area contributed by atoms with Gasteiger partial charge in [0.25, 0.3) is 0 Å². The van der Waals surface area contributed by atoms with Crippen LogP contribution in [0, 0.1) is 0 Å². The predicted octanol–water partition coefficient (Wildman–Crippen LogP) is 0.675. The lowest BCUT2D eigenvalue weighted by Gasteiger charge is -2.21. The second-order valence-electron chi connectivity index (χ2n) is 5.66. The van der Waals surface area contributed by atoms with Gasteiger partial charge in [-0.25, -0.2) is 4.79 Å². The first-order valence-corrected chi connectivity index (χ1v) is 7.68. The number of hydrogen-bond donors (Lipinski definition) is 0. The van der Waals surface area contributed by atoms with E-state index in [9.17, 15) is 14.4 Å². The van der Waals surface area contributed by atoms with Crippen molar-refractivity contribution >= 4 is 22.9 Å². The minimum Gasteiger partial charge on any atom is -0.408 e. The van der Waals surface area contributed by atoms with E-state index in [0.29, 0.717) is 37.3 Å². The number of hydrogen-bond acceptors (Lipinski definition) is 4. The van der Waals surface area contributed by atoms with Crippen LogP contribution in [0.2, 0.25) is 0 Å². The van der Waals surface area contributed by atoms with Gasteiger partial charge in [0.05, 0.1) is 5.52 Å². The van der Waals surface area contributed by atoms with Crippen LogP contribution in [0.1, 0.15) is 13.3 Å². The molecule has 1 aromatic carbocycles. The minimum absolute atomic E-state index is 0.0244. The van der Waals surface area contributed by atoms with Crippen molar-refractivity contribution in [3.8, 4) is 0 Å². The second kappa shape index (κ2) is 6.28. The van der Waals surface area contributed by atoms with E-state index in [-0.39, 0.29) is 18.4 Å². The van der Waals surface area contributed by atoms with Gasteiger partial charge in [-0.1, -0.05) is 12.1 Å². The fourth-order valence-corrected chi connectivity index (χ4v) is 2.88. The van der Waals surface area contributed by atoms with Gasteiger partial charge in [0.15, 0.2) is 5.58 Å². The maximum atomic E-state index is 12.5. The van der Waals surface area contributed by atoms with Gasteiger partial charge in [-0.2, -0.15) is 0 Å². The van der Waals surface area contributed by atoms with E-state index in [1.165, 1.54) is 11.5 Å². The lowest BCUT2D eigenvalue weighted by atomic mass is 10.3. The van der Waals surface area contributed by atoms with Crippen molar-refractivity contribution in [2.24, 2.45) is 0 Å². The van der Waals surface area contributed by atoms with Crippen LogP contribution in [0.5, 0.6) is 0 Å². The Balaban J connectivity index is 1.75. The van der Waals surface area contributed by atoms with Crippen molar-refractivity contribution in [1.29, 1.82) is 0 Å². The molecule has 3 rings (SSSR count). The lowest BCUT2D eigenvalue weighted by Crippen LogP contribution is -2.39. The summed E-state index contributed by atoms with van der Waals surface area (Å²) in [5.41, 5.74) is 1.09. The molecule has 0 aliphatic carbocycles. The molecule has 1 aromatic heterocycles. The third kappa shape index (κ3) is 3.13. The molecule has 0 N–H and O–H groups in total. The van der Waals surface area contributed by atoms with Crippen LogP contribution in [0.15, 0.2) is 33.5 Å². The van der Waals surface area contributed by atoms with Crippen LogP contribution in [0.25, 0.3) is 11.1 Å². The van der Waals surface area contributed by atoms with Crippen molar-refractivity contribution in [3.63, 3.8) is 0 Å². The third-order valence-electron chi connectivity index (χ3n) is 4.16. The number of oxazole rings is 1. The van der Waals surface area contributed by atoms with Gasteiger partial charge in [-0.15, -0.1) is 0 Å². The minimum atomic E-state index is -0.528. The molecule has 1 aliphatic heterocycles. The Labute approximate surface area is 133 Å². The highest BCUT2D eigenvalue weighted by Gasteiger charge is 2.22. The average Bonchev–Trinajstić information content (AvgIpc) is 2.72. The smallest absolute Gasteiger partial charge is 0.408 e. The Bertz CT molecular complexity index is 792. The number of rotatable bonds is 2. The highest BCUT2D eigenvalue weighted by molar-refractivity contribution is 5.80. The van der Waals surface area contributed by atoms with Gasteiger partial charge in [-0.3, -0.25) is 14.2 Å². The summed E-state index contributed by atoms with van der Waals surface area (Å²) < 4.78 is 6.50. The van der Waals surface area contributed by atoms with Gasteiger partial charge in [0, 0.05) is 33.1 Å². The fraction of sp³-hybridized carbons (Fsp3) is 0.438. The number of carbonyl (C=O) groups excluding carboxylic acids is 2. The van der Waals surface area contributed by atoms with Crippen molar-refractivity contribution in [3.05, 3.63) is 34.8 Å². The van der Waals surface area contributed by atoms with Gasteiger partial charge < -0.3 is 14.2 Å². The van der Waals surface area contributed by atoms with Crippen molar-refractivity contribution in [2.45, 2.75) is 19.9 Å². The molecule has 0 spiro atoms. The van der Waals surface area contributed by atoms with E-state index in [4.69, 9.17) is 4.42 Å². The molecular weight excluding hydrogens is 298 g/mol. The molecule has 0 atom stereocenters. The molecule has 2 heterocycles. The largest absolute Gasteiger partial charge is 0.420 e. The Morgan fingerprint density at radius 1 is 1.09 bits per heavy atom. The summed E-state index contributed by atoms with van der Waals surface area (Å²) in [5, 5.41) is 0. The van der Waals surface area contributed by atoms with Crippen LogP contribution < -0.4 is 5.76 Å². The first kappa shape index (κ1) is 15.3. The Hall–Kier alpha value is -2.57. The summed E-state index contributed by atoms with van der Waals surface area (Å²) >= 11 is 0. The zero-order chi connectivity index (χ0) is 16.4. The number of carbonyl (C=O) groups is 2. The fourth-order valence-electron chi connectivity index (χ4n) is 2.88. The summed E-state index contributed by atoms with van der Waals surface area (Å²) in [6.45, 7) is 3.76. The molecule has 0 radical (unpaired) electrons. The van der Waals surface area contributed by atoms with Crippen LogP contribution in [0.4, 0.5) is 0 Å². The summed E-state index contributed by atoms with van der Waals surface area (Å²) in [7, 11) is 0. The van der Waals surface area contributed by atoms with Gasteiger partial charge >= 0.3 is 5.76 Å². The molecule has 0 saturated carbocycles. The van der Waals surface area contributed by atoms with E-state index in [0.717, 1.165) is 6.42 Å². The number of nitrogens with zero attached hydrogens (tertiary/aromatic N) is 3. The quantitative estimate of drug-likeness (QED) is 0.816. The molecule has 23 heavy (non-hydrogen) atoms. The maximum absolute atomic E-state index is 12.5. The zero-order valence-electron chi connectivity index (χ0n) is 13.0. The molecular formula is C16H19N3O4. The zero-order valence-corrected chi connectivity index (χ0v) is 13.0. The van der Waals surface area contributed by atoms with E-state index >= 15 is 0 Å². The summed E-state index contributed by atoms with van der Waals surface area (Å²) in [6.07, 6.45) is 0.742. The van der Waals surface area contributed by atoms with Crippen LogP contribution in [-0.4, -0.2) is 52.4 Å². The topological polar surface area (TPSA) is 75.8 Å². The molecule has 2 aromatic rings. The first-order chi connectivity index (χ1) is 11.1. The Morgan fingerprint density at radius 3 is 2.57 bits per heavy atom. The molecule has 0 bridgehead atoms. The molecule has 1 fully saturated rings. The summed E-state index contributed by atoms with van der Waals surface area (Å²) in [5.74, 6) is -0.639. The number of fused-ring (bicyclic) bond motifs is 1. The van der Waals surface area contributed by atoms with Crippen LogP contribution >= 0.6 is 0 Å². The second-order valence-corrected chi connectivity index (χ2v) is 5.66. The highest BCUT2D eigenvalue weighted by Crippen LogP contribution is 2.12. The van der Waals surface area contributed by atoms with Crippen molar-refractivity contribution in [2.75, 3.05) is 26.2 Å². The SMILES string of the molecule is CC(=O)N1CCCN(C(=O)Cn2c(=O)oc3ccccc32)CC1. The van der Waals surface area contributed by atoms with Crippen LogP contribution in [0.3, 0.4) is 0 Å². The highest BCUT2D eigenvalue weighted by atomic mass is 16.4. The standard InChI is InChI=1S/C16H19N3O4/c1-12(20)17-7-4-8-18(10-9-17)15(21)11-19-13-5-2-3-6-14(13)23-16(19)22/h2-3,5-6H,4,7-11H2,1H3. The first-order valence-electron chi connectivity index (χ1n) is 7.68. The van der Waals surface area contributed by atoms with Crippen molar-refractivity contribution < 1.29 is 14.0 Å². The summed E-state index contributed by atoms with van der Waals surface area (Å²) in [4.78, 5) is 39.3. The molecule has 1 aliphatic rings. The predicted molar refractivity (Wildman–Crippen MR) is 83.9 cm³/mol. The average molecular weight is 317 g/mol. The monoisotopic (exact) mass is 317 g/mol. The van der Waals surface area contributed by atoms with E-state index in [2.05, 4.69) is 0 Å². The molecule has 7 nitrogen and oxygen atoms in total. The number of para-hydroxylation sites is 2. The number of aromatic nitrogens is 1. The van der Waals surface area contributed by atoms with Gasteiger partial charge in [-0.05, 0) is 18.6 Å². The Morgan fingerprint density at radius 2 is 1.78 bits per heavy atom. The number of benzene rings is 1.